The number of nitrogens with one attached hydrogen (secondary N) is 2. The number of hydrogen-bond donors (Lipinski definition) is 2. The fourth-order valence-corrected chi connectivity index (χ4v) is 4.23. The summed E-state index contributed by atoms with van der Waals surface area (Å²) in [5.41, 5.74) is 3.13. The normalized spacial score (nSPS) is 11.1. The SMILES string of the molecule is CCc1cccc(C)c1NC(=O)c1cc(NS(=O)(=O)c2ccccc2)ccc1Cl. The molecule has 0 aliphatic rings. The maximum Gasteiger partial charge on any atom is 0.261 e. The first-order valence-electron chi connectivity index (χ1n) is 9.09. The average molecular weight is 429 g/mol. The highest BCUT2D eigenvalue weighted by Gasteiger charge is 2.18. The van der Waals surface area contributed by atoms with Crippen LogP contribution in [0.25, 0.3) is 0 Å². The van der Waals surface area contributed by atoms with Gasteiger partial charge in [-0.3, -0.25) is 9.52 Å². The largest absolute Gasteiger partial charge is 0.321 e. The Morgan fingerprint density at radius 2 is 1.72 bits per heavy atom. The molecular weight excluding hydrogens is 408 g/mol. The van der Waals surface area contributed by atoms with Gasteiger partial charge in [0, 0.05) is 11.4 Å². The lowest BCUT2D eigenvalue weighted by atomic mass is 10.1. The van der Waals surface area contributed by atoms with Crippen LogP contribution in [-0.2, 0) is 16.4 Å². The Balaban J connectivity index is 1.89. The summed E-state index contributed by atoms with van der Waals surface area (Å²) in [6.07, 6.45) is 0.766. The molecule has 0 saturated heterocycles. The van der Waals surface area contributed by atoms with Gasteiger partial charge in [0.2, 0.25) is 0 Å². The van der Waals surface area contributed by atoms with Crippen molar-refractivity contribution < 1.29 is 13.2 Å². The molecule has 0 fully saturated rings. The van der Waals surface area contributed by atoms with Gasteiger partial charge in [-0.25, -0.2) is 8.42 Å². The molecule has 0 aromatic heterocycles. The molecule has 0 unspecified atom stereocenters. The van der Waals surface area contributed by atoms with Crippen LogP contribution in [0.5, 0.6) is 0 Å². The third kappa shape index (κ3) is 4.78. The van der Waals surface area contributed by atoms with Crippen LogP contribution in [-0.4, -0.2) is 14.3 Å². The molecule has 2 N–H and O–H groups in total. The molecule has 5 nitrogen and oxygen atoms in total. The number of carbonyl (C=O) groups is 1. The van der Waals surface area contributed by atoms with E-state index >= 15 is 0 Å². The Labute approximate surface area is 175 Å². The van der Waals surface area contributed by atoms with Crippen molar-refractivity contribution in [2.24, 2.45) is 0 Å². The summed E-state index contributed by atoms with van der Waals surface area (Å²) in [5.74, 6) is -0.403. The van der Waals surface area contributed by atoms with Crippen molar-refractivity contribution in [3.63, 3.8) is 0 Å². The number of carbonyl (C=O) groups excluding carboxylic acids is 1. The maximum absolute atomic E-state index is 12.9. The minimum atomic E-state index is -3.77. The van der Waals surface area contributed by atoms with Crippen LogP contribution in [0.2, 0.25) is 5.02 Å². The lowest BCUT2D eigenvalue weighted by Gasteiger charge is -2.14. The van der Waals surface area contributed by atoms with E-state index in [0.29, 0.717) is 0 Å². The molecule has 0 bridgehead atoms. The lowest BCUT2D eigenvalue weighted by Crippen LogP contribution is -2.16. The minimum absolute atomic E-state index is 0.133. The first kappa shape index (κ1) is 20.9. The summed E-state index contributed by atoms with van der Waals surface area (Å²) in [6, 6.07) is 18.3. The van der Waals surface area contributed by atoms with Gasteiger partial charge in [-0.2, -0.15) is 0 Å². The number of amides is 1. The number of rotatable bonds is 6. The maximum atomic E-state index is 12.9. The molecule has 150 valence electrons. The van der Waals surface area contributed by atoms with E-state index in [1.165, 1.54) is 30.3 Å². The molecule has 3 aromatic carbocycles. The second-order valence-corrected chi connectivity index (χ2v) is 8.62. The highest BCUT2D eigenvalue weighted by Crippen LogP contribution is 2.26. The first-order chi connectivity index (χ1) is 13.8. The molecule has 0 spiro atoms. The fraction of sp³-hybridized carbons (Fsp3) is 0.136. The molecule has 0 radical (unpaired) electrons. The minimum Gasteiger partial charge on any atom is -0.321 e. The number of halogens is 1. The molecule has 7 heteroatoms. The van der Waals surface area contributed by atoms with E-state index in [4.69, 9.17) is 11.6 Å². The molecule has 0 aliphatic heterocycles. The van der Waals surface area contributed by atoms with Crippen LogP contribution >= 0.6 is 11.6 Å². The Morgan fingerprint density at radius 3 is 2.41 bits per heavy atom. The van der Waals surface area contributed by atoms with Crippen LogP contribution in [0.3, 0.4) is 0 Å². The molecule has 0 aliphatic carbocycles. The van der Waals surface area contributed by atoms with Gasteiger partial charge in [-0.05, 0) is 54.8 Å². The van der Waals surface area contributed by atoms with Crippen LogP contribution in [0.4, 0.5) is 11.4 Å². The van der Waals surface area contributed by atoms with E-state index in [0.717, 1.165) is 23.2 Å². The Bertz CT molecular complexity index is 1150. The third-order valence-electron chi connectivity index (χ3n) is 4.50. The standard InChI is InChI=1S/C22H21ClN2O3S/c1-3-16-9-7-8-15(2)21(16)24-22(26)19-14-17(12-13-20(19)23)25-29(27,28)18-10-5-4-6-11-18/h4-14,25H,3H2,1-2H3,(H,24,26). The molecule has 0 atom stereocenters. The van der Waals surface area contributed by atoms with Gasteiger partial charge in [0.1, 0.15) is 0 Å². The van der Waals surface area contributed by atoms with Crippen LogP contribution in [0.15, 0.2) is 71.6 Å². The molecule has 29 heavy (non-hydrogen) atoms. The summed E-state index contributed by atoms with van der Waals surface area (Å²) < 4.78 is 27.6. The summed E-state index contributed by atoms with van der Waals surface area (Å²) in [5, 5.41) is 3.14. The van der Waals surface area contributed by atoms with Crippen molar-refractivity contribution >= 4 is 38.9 Å². The fourth-order valence-electron chi connectivity index (χ4n) is 2.96. The number of aryl methyl sites for hydroxylation is 2. The summed E-state index contributed by atoms with van der Waals surface area (Å²) in [6.45, 7) is 3.93. The molecule has 3 aromatic rings. The molecular formula is C22H21ClN2O3S. The third-order valence-corrected chi connectivity index (χ3v) is 6.22. The van der Waals surface area contributed by atoms with Gasteiger partial charge in [-0.1, -0.05) is 54.9 Å². The van der Waals surface area contributed by atoms with Gasteiger partial charge in [0.05, 0.1) is 15.5 Å². The van der Waals surface area contributed by atoms with Gasteiger partial charge in [0.25, 0.3) is 15.9 Å². The van der Waals surface area contributed by atoms with Gasteiger partial charge < -0.3 is 5.32 Å². The average Bonchev–Trinajstić information content (AvgIpc) is 2.71. The summed E-state index contributed by atoms with van der Waals surface area (Å²) >= 11 is 6.22. The molecule has 0 saturated carbocycles. The number of para-hydroxylation sites is 1. The van der Waals surface area contributed by atoms with Crippen molar-refractivity contribution in [1.29, 1.82) is 0 Å². The zero-order valence-corrected chi connectivity index (χ0v) is 17.6. The molecule has 0 heterocycles. The molecule has 1 amide bonds. The van der Waals surface area contributed by atoms with E-state index in [1.807, 2.05) is 32.0 Å². The predicted octanol–water partition coefficient (Wildman–Crippen LogP) is 5.26. The zero-order valence-electron chi connectivity index (χ0n) is 16.1. The zero-order chi connectivity index (χ0) is 21.0. The Kier molecular flexibility index (Phi) is 6.25. The van der Waals surface area contributed by atoms with Crippen molar-refractivity contribution in [1.82, 2.24) is 0 Å². The highest BCUT2D eigenvalue weighted by molar-refractivity contribution is 7.92. The van der Waals surface area contributed by atoms with Crippen LogP contribution in [0, 0.1) is 6.92 Å². The van der Waals surface area contributed by atoms with Gasteiger partial charge in [-0.15, -0.1) is 0 Å². The van der Waals surface area contributed by atoms with Crippen LogP contribution in [0.1, 0.15) is 28.4 Å². The summed E-state index contributed by atoms with van der Waals surface area (Å²) in [4.78, 5) is 13.0. The van der Waals surface area contributed by atoms with Crippen molar-refractivity contribution in [3.8, 4) is 0 Å². The Hall–Kier alpha value is -2.83. The van der Waals surface area contributed by atoms with E-state index in [9.17, 15) is 13.2 Å². The second kappa shape index (κ2) is 8.68. The van der Waals surface area contributed by atoms with E-state index in [-0.39, 0.29) is 21.2 Å². The smallest absolute Gasteiger partial charge is 0.261 e. The number of hydrogen-bond acceptors (Lipinski definition) is 3. The van der Waals surface area contributed by atoms with E-state index in [2.05, 4.69) is 10.0 Å². The number of benzene rings is 3. The topological polar surface area (TPSA) is 75.3 Å². The van der Waals surface area contributed by atoms with Crippen molar-refractivity contribution in [2.45, 2.75) is 25.2 Å². The lowest BCUT2D eigenvalue weighted by molar-refractivity contribution is 0.102. The predicted molar refractivity (Wildman–Crippen MR) is 117 cm³/mol. The Morgan fingerprint density at radius 1 is 1.00 bits per heavy atom. The number of anilines is 2. The highest BCUT2D eigenvalue weighted by atomic mass is 35.5. The van der Waals surface area contributed by atoms with Gasteiger partial charge in [0.15, 0.2) is 0 Å². The number of sulfonamides is 1. The van der Waals surface area contributed by atoms with Crippen molar-refractivity contribution in [3.05, 3.63) is 88.4 Å². The first-order valence-corrected chi connectivity index (χ1v) is 10.9. The van der Waals surface area contributed by atoms with Crippen molar-refractivity contribution in [2.75, 3.05) is 10.0 Å². The quantitative estimate of drug-likeness (QED) is 0.562. The van der Waals surface area contributed by atoms with Gasteiger partial charge >= 0.3 is 0 Å². The van der Waals surface area contributed by atoms with E-state index in [1.54, 1.807) is 18.2 Å². The molecule has 3 rings (SSSR count). The van der Waals surface area contributed by atoms with Crippen LogP contribution < -0.4 is 10.0 Å². The monoisotopic (exact) mass is 428 g/mol. The summed E-state index contributed by atoms with van der Waals surface area (Å²) in [7, 11) is -3.77. The van der Waals surface area contributed by atoms with E-state index < -0.39 is 15.9 Å². The second-order valence-electron chi connectivity index (χ2n) is 6.53.